The van der Waals surface area contributed by atoms with Crippen LogP contribution in [0.2, 0.25) is 0 Å². The highest BCUT2D eigenvalue weighted by molar-refractivity contribution is 9.10. The Morgan fingerprint density at radius 2 is 0.708 bits per heavy atom. The summed E-state index contributed by atoms with van der Waals surface area (Å²) in [6.07, 6.45) is 0. The molecule has 13 aromatic rings. The molecule has 0 aliphatic carbocycles. The number of rotatable bonds is 9. The fourth-order valence-electron chi connectivity index (χ4n) is 9.63. The number of halogens is 1. The molecular weight excluding hydrogens is 961 g/mol. The van der Waals surface area contributed by atoms with Crippen LogP contribution in [0.25, 0.3) is 110 Å². The highest BCUT2D eigenvalue weighted by Gasteiger charge is 2.24. The second-order valence-electron chi connectivity index (χ2n) is 17.4. The summed E-state index contributed by atoms with van der Waals surface area (Å²) in [4.78, 5) is 10.5. The molecule has 0 N–H and O–H groups in total. The van der Waals surface area contributed by atoms with Gasteiger partial charge in [0, 0.05) is 69.4 Å². The van der Waals surface area contributed by atoms with Crippen LogP contribution in [0.15, 0.2) is 277 Å². The second-order valence-corrected chi connectivity index (χ2v) is 19.4. The van der Waals surface area contributed by atoms with Crippen LogP contribution in [-0.4, -0.2) is 19.1 Å². The van der Waals surface area contributed by atoms with Gasteiger partial charge in [0.2, 0.25) is 0 Å². The van der Waals surface area contributed by atoms with Crippen molar-refractivity contribution in [1.82, 2.24) is 19.1 Å². The summed E-state index contributed by atoms with van der Waals surface area (Å²) in [6.45, 7) is 0. The summed E-state index contributed by atoms with van der Waals surface area (Å²) < 4.78 is 8.27. The topological polar surface area (TPSA) is 35.6 Å². The highest BCUT2D eigenvalue weighted by Crippen LogP contribution is 2.43. The van der Waals surface area contributed by atoms with Crippen molar-refractivity contribution in [3.63, 3.8) is 0 Å². The van der Waals surface area contributed by atoms with Crippen LogP contribution in [0.5, 0.6) is 0 Å². The molecule has 0 saturated carbocycles. The van der Waals surface area contributed by atoms with E-state index in [1.54, 1.807) is 0 Å². The third kappa shape index (κ3) is 8.68. The SMILES string of the molecule is Brc1cccc(-n2c(-c3ccccc3)nc(-c3ccccc3)c2-c2ccccc2)c1.c1ccc(-c2nc(-c3ccccc3)n(-c3cccc(-c4cccc5c4sc4ccccc45)c3)c2-c2ccccc2)cc1. The Hall–Kier alpha value is -8.68. The maximum absolute atomic E-state index is 5.35. The maximum Gasteiger partial charge on any atom is 0.145 e. The van der Waals surface area contributed by atoms with Gasteiger partial charge in [0.1, 0.15) is 11.6 Å². The zero-order valence-electron chi connectivity index (χ0n) is 39.1. The lowest BCUT2D eigenvalue weighted by atomic mass is 10.0. The van der Waals surface area contributed by atoms with Gasteiger partial charge >= 0.3 is 0 Å². The van der Waals surface area contributed by atoms with Gasteiger partial charge in [-0.05, 0) is 47.5 Å². The highest BCUT2D eigenvalue weighted by atomic mass is 79.9. The molecule has 0 bridgehead atoms. The third-order valence-electron chi connectivity index (χ3n) is 12.9. The van der Waals surface area contributed by atoms with E-state index in [0.29, 0.717) is 0 Å². The van der Waals surface area contributed by atoms with E-state index in [9.17, 15) is 0 Å². The molecule has 0 aliphatic heterocycles. The Morgan fingerprint density at radius 3 is 1.21 bits per heavy atom. The van der Waals surface area contributed by atoms with Gasteiger partial charge < -0.3 is 0 Å². The largest absolute Gasteiger partial charge is 0.292 e. The first kappa shape index (κ1) is 44.5. The Bertz CT molecular complexity index is 3960. The molecule has 0 unspecified atom stereocenters. The molecule has 342 valence electrons. The molecule has 13 rings (SSSR count). The van der Waals surface area contributed by atoms with Crippen molar-refractivity contribution in [3.8, 4) is 90.3 Å². The molecule has 0 spiro atoms. The molecule has 3 heterocycles. The number of hydrogen-bond donors (Lipinski definition) is 0. The monoisotopic (exact) mass is 1000 g/mol. The minimum atomic E-state index is 0.922. The van der Waals surface area contributed by atoms with Crippen LogP contribution < -0.4 is 0 Å². The van der Waals surface area contributed by atoms with Gasteiger partial charge in [0.05, 0.1) is 22.8 Å². The molecule has 0 saturated heterocycles. The predicted octanol–water partition coefficient (Wildman–Crippen LogP) is 18.5. The molecule has 4 nitrogen and oxygen atoms in total. The van der Waals surface area contributed by atoms with E-state index in [2.05, 4.69) is 274 Å². The number of hydrogen-bond acceptors (Lipinski definition) is 3. The first-order chi connectivity index (χ1) is 35.7. The van der Waals surface area contributed by atoms with Crippen LogP contribution in [0, 0.1) is 0 Å². The Morgan fingerprint density at radius 1 is 0.319 bits per heavy atom. The first-order valence-electron chi connectivity index (χ1n) is 24.0. The van der Waals surface area contributed by atoms with Gasteiger partial charge in [-0.2, -0.15) is 0 Å². The van der Waals surface area contributed by atoms with Gasteiger partial charge in [-0.15, -0.1) is 11.3 Å². The van der Waals surface area contributed by atoms with Crippen molar-refractivity contribution in [3.05, 3.63) is 277 Å². The molecule has 0 fully saturated rings. The fraction of sp³-hybridized carbons (Fsp3) is 0. The standard InChI is InChI=1S/C39H26N2S.C27H19BrN2/c1-4-14-27(15-5-1)36-37(28-16-6-2-7-17-28)41(39(40-36)29-18-8-3-9-19-29)31-21-12-20-30(26-31)32-23-13-24-34-33-22-10-11-25-35(33)42-38(32)34;28-23-17-10-18-24(19-23)30-26(21-13-6-2-7-14-21)25(20-11-4-1-5-12-20)29-27(30)22-15-8-3-9-16-22/h1-26H;1-19H. The second kappa shape index (κ2) is 20.0. The number of benzene rings is 10. The van der Waals surface area contributed by atoms with E-state index in [4.69, 9.17) is 9.97 Å². The molecule has 0 radical (unpaired) electrons. The van der Waals surface area contributed by atoms with Crippen molar-refractivity contribution < 1.29 is 0 Å². The van der Waals surface area contributed by atoms with E-state index in [0.717, 1.165) is 83.7 Å². The molecule has 72 heavy (non-hydrogen) atoms. The van der Waals surface area contributed by atoms with Crippen LogP contribution >= 0.6 is 27.3 Å². The Kier molecular flexibility index (Phi) is 12.3. The van der Waals surface area contributed by atoms with E-state index in [1.165, 1.54) is 31.3 Å². The maximum atomic E-state index is 5.35. The van der Waals surface area contributed by atoms with Crippen LogP contribution in [0.3, 0.4) is 0 Å². The number of aromatic nitrogens is 4. The zero-order chi connectivity index (χ0) is 48.2. The zero-order valence-corrected chi connectivity index (χ0v) is 41.5. The molecule has 0 aliphatic rings. The van der Waals surface area contributed by atoms with E-state index in [1.807, 2.05) is 35.6 Å². The lowest BCUT2D eigenvalue weighted by molar-refractivity contribution is 1.07. The summed E-state index contributed by atoms with van der Waals surface area (Å²) in [5.41, 5.74) is 15.3. The summed E-state index contributed by atoms with van der Waals surface area (Å²) in [7, 11) is 0. The predicted molar refractivity (Wildman–Crippen MR) is 306 cm³/mol. The molecule has 6 heteroatoms. The molecular formula is C66H45BrN4S. The molecule has 0 amide bonds. The average molecular weight is 1010 g/mol. The van der Waals surface area contributed by atoms with Crippen LogP contribution in [-0.2, 0) is 0 Å². The fourth-order valence-corrected chi connectivity index (χ4v) is 11.3. The van der Waals surface area contributed by atoms with Gasteiger partial charge in [-0.3, -0.25) is 9.13 Å². The van der Waals surface area contributed by atoms with Gasteiger partial charge in [0.25, 0.3) is 0 Å². The van der Waals surface area contributed by atoms with Crippen LogP contribution in [0.4, 0.5) is 0 Å². The minimum Gasteiger partial charge on any atom is -0.292 e. The Balaban J connectivity index is 0.000000156. The Labute approximate surface area is 431 Å². The number of thiophene rings is 1. The lowest BCUT2D eigenvalue weighted by Crippen LogP contribution is -2.00. The molecule has 0 atom stereocenters. The summed E-state index contributed by atoms with van der Waals surface area (Å²) in [5, 5.41) is 2.62. The van der Waals surface area contributed by atoms with Crippen molar-refractivity contribution in [2.24, 2.45) is 0 Å². The number of nitrogens with zero attached hydrogens (tertiary/aromatic N) is 4. The summed E-state index contributed by atoms with van der Waals surface area (Å²) in [6, 6.07) is 95.5. The van der Waals surface area contributed by atoms with Crippen molar-refractivity contribution in [2.75, 3.05) is 0 Å². The van der Waals surface area contributed by atoms with E-state index >= 15 is 0 Å². The van der Waals surface area contributed by atoms with Gasteiger partial charge in [-0.25, -0.2) is 9.97 Å². The van der Waals surface area contributed by atoms with Crippen molar-refractivity contribution in [2.45, 2.75) is 0 Å². The van der Waals surface area contributed by atoms with E-state index in [-0.39, 0.29) is 0 Å². The van der Waals surface area contributed by atoms with Crippen molar-refractivity contribution >= 4 is 47.4 Å². The quantitative estimate of drug-likeness (QED) is 0.144. The summed E-state index contributed by atoms with van der Waals surface area (Å²) >= 11 is 5.51. The third-order valence-corrected chi connectivity index (χ3v) is 14.6. The van der Waals surface area contributed by atoms with E-state index < -0.39 is 0 Å². The normalized spacial score (nSPS) is 11.1. The first-order valence-corrected chi connectivity index (χ1v) is 25.6. The minimum absolute atomic E-state index is 0.922. The lowest BCUT2D eigenvalue weighted by Gasteiger charge is -2.15. The average Bonchev–Trinajstić information content (AvgIpc) is 4.18. The smallest absolute Gasteiger partial charge is 0.145 e. The van der Waals surface area contributed by atoms with Gasteiger partial charge in [0.15, 0.2) is 0 Å². The number of imidazole rings is 2. The summed E-state index contributed by atoms with van der Waals surface area (Å²) in [5.74, 6) is 1.84. The van der Waals surface area contributed by atoms with Gasteiger partial charge in [-0.1, -0.05) is 253 Å². The molecule has 10 aromatic carbocycles. The number of fused-ring (bicyclic) bond motifs is 3. The van der Waals surface area contributed by atoms with Crippen molar-refractivity contribution in [1.29, 1.82) is 0 Å². The van der Waals surface area contributed by atoms with Crippen LogP contribution in [0.1, 0.15) is 0 Å². The molecule has 3 aromatic heterocycles.